The fraction of sp³-hybridized carbons (Fsp3) is 0.750. The second-order valence-corrected chi connectivity index (χ2v) is 7.52. The summed E-state index contributed by atoms with van der Waals surface area (Å²) in [5, 5.41) is 0. The molecule has 7 heteroatoms. The first-order valence-electron chi connectivity index (χ1n) is 4.45. The van der Waals surface area contributed by atoms with Gasteiger partial charge in [0.2, 0.25) is 0 Å². The van der Waals surface area contributed by atoms with Gasteiger partial charge in [-0.1, -0.05) is 55.3 Å². The van der Waals surface area contributed by atoms with Crippen LogP contribution in [0.4, 0.5) is 0 Å². The molecule has 0 aromatic heterocycles. The van der Waals surface area contributed by atoms with Crippen LogP contribution >= 0.6 is 55.6 Å². The molecule has 0 amide bonds. The summed E-state index contributed by atoms with van der Waals surface area (Å²) in [6, 6.07) is 0. The topological polar surface area (TPSA) is 52.0 Å². The fourth-order valence-corrected chi connectivity index (χ4v) is 3.91. The molecule has 0 fully saturated rings. The molecular weight excluding hydrogens is 288 g/mol. The highest BCUT2D eigenvalue weighted by atomic mass is 35.5. The van der Waals surface area contributed by atoms with E-state index in [4.69, 9.17) is 11.5 Å². The van der Waals surface area contributed by atoms with E-state index in [2.05, 4.69) is 12.2 Å². The lowest BCUT2D eigenvalue weighted by Gasteiger charge is -1.95. The van der Waals surface area contributed by atoms with Gasteiger partial charge in [0.25, 0.3) is 0 Å². The van der Waals surface area contributed by atoms with Crippen LogP contribution in [0.2, 0.25) is 0 Å². The van der Waals surface area contributed by atoms with Crippen LogP contribution in [0.5, 0.6) is 0 Å². The van der Waals surface area contributed by atoms with E-state index in [0.29, 0.717) is 0 Å². The smallest absolute Gasteiger partial charge is 0.0218 e. The van der Waals surface area contributed by atoms with Crippen molar-refractivity contribution in [3.8, 4) is 0 Å². The Hall–Kier alpha value is 1.35. The summed E-state index contributed by atoms with van der Waals surface area (Å²) in [4.78, 5) is 0. The minimum Gasteiger partial charge on any atom is -0.330 e. The van der Waals surface area contributed by atoms with Crippen LogP contribution in [0.3, 0.4) is 0 Å². The van der Waals surface area contributed by atoms with Crippen LogP contribution in [0.1, 0.15) is 0 Å². The summed E-state index contributed by atoms with van der Waals surface area (Å²) in [7, 11) is 7.39. The van der Waals surface area contributed by atoms with Crippen molar-refractivity contribution < 1.29 is 0 Å². The summed E-state index contributed by atoms with van der Waals surface area (Å²) in [5.74, 6) is 4.23. The van der Waals surface area contributed by atoms with Gasteiger partial charge in [-0.05, 0) is 0 Å². The van der Waals surface area contributed by atoms with Crippen molar-refractivity contribution >= 4 is 55.6 Å². The highest BCUT2D eigenvalue weighted by molar-refractivity contribution is 8.77. The van der Waals surface area contributed by atoms with Crippen molar-refractivity contribution in [3.63, 3.8) is 0 Å². The Morgan fingerprint density at radius 3 is 1.47 bits per heavy atom. The number of rotatable bonds is 10. The van der Waals surface area contributed by atoms with Gasteiger partial charge in [0.1, 0.15) is 0 Å². The van der Waals surface area contributed by atoms with E-state index in [1.807, 2.05) is 43.2 Å². The number of hydrogen-bond acceptors (Lipinski definition) is 6. The van der Waals surface area contributed by atoms with Crippen LogP contribution in [0.25, 0.3) is 0 Å². The lowest BCUT2D eigenvalue weighted by Crippen LogP contribution is -1.99. The van der Waals surface area contributed by atoms with Gasteiger partial charge in [0.15, 0.2) is 0 Å². The standard InChI is InChI=1S/C8H18N2S4.ClH/c9-3-7-13-11-5-1-2-6-12-14-8-4-10;/h1-2H,3-10H2;1H/b2-1+;. The molecule has 4 N–H and O–H groups in total. The molecule has 0 unspecified atom stereocenters. The molecule has 15 heavy (non-hydrogen) atoms. The molecule has 0 spiro atoms. The highest BCUT2D eigenvalue weighted by Crippen LogP contribution is 2.21. The van der Waals surface area contributed by atoms with Crippen LogP contribution in [-0.2, 0) is 0 Å². The summed E-state index contributed by atoms with van der Waals surface area (Å²) in [6.07, 6.45) is 4.42. The fourth-order valence-electron chi connectivity index (χ4n) is 0.525. The maximum absolute atomic E-state index is 5.37. The minimum atomic E-state index is 0. The summed E-state index contributed by atoms with van der Waals surface area (Å²) in [5.41, 5.74) is 10.7. The van der Waals surface area contributed by atoms with Gasteiger partial charge >= 0.3 is 0 Å². The first-order chi connectivity index (χ1) is 6.91. The summed E-state index contributed by atoms with van der Waals surface area (Å²) < 4.78 is 0. The Morgan fingerprint density at radius 2 is 1.13 bits per heavy atom. The predicted molar refractivity (Wildman–Crippen MR) is 84.3 cm³/mol. The van der Waals surface area contributed by atoms with E-state index in [1.54, 1.807) is 0 Å². The molecule has 0 atom stereocenters. The van der Waals surface area contributed by atoms with E-state index in [9.17, 15) is 0 Å². The van der Waals surface area contributed by atoms with Crippen LogP contribution < -0.4 is 11.5 Å². The first kappa shape index (κ1) is 18.7. The molecule has 0 radical (unpaired) electrons. The molecule has 2 nitrogen and oxygen atoms in total. The number of hydrogen-bond donors (Lipinski definition) is 2. The van der Waals surface area contributed by atoms with E-state index >= 15 is 0 Å². The molecule has 0 bridgehead atoms. The first-order valence-corrected chi connectivity index (χ1v) is 9.43. The van der Waals surface area contributed by atoms with Gasteiger partial charge in [-0.15, -0.1) is 12.4 Å². The second-order valence-electron chi connectivity index (χ2n) is 2.26. The van der Waals surface area contributed by atoms with Gasteiger partial charge in [-0.2, -0.15) is 0 Å². The maximum atomic E-state index is 5.37. The van der Waals surface area contributed by atoms with Crippen LogP contribution in [0.15, 0.2) is 12.2 Å². The van der Waals surface area contributed by atoms with Crippen molar-refractivity contribution in [2.24, 2.45) is 11.5 Å². The minimum absolute atomic E-state index is 0. The van der Waals surface area contributed by atoms with Crippen LogP contribution in [0, 0.1) is 0 Å². The summed E-state index contributed by atoms with van der Waals surface area (Å²) >= 11 is 0. The quantitative estimate of drug-likeness (QED) is 0.368. The number of halogens is 1. The normalized spacial score (nSPS) is 10.5. The molecule has 0 heterocycles. The Morgan fingerprint density at radius 1 is 0.733 bits per heavy atom. The zero-order valence-electron chi connectivity index (χ0n) is 8.59. The third-order valence-corrected chi connectivity index (χ3v) is 5.68. The maximum Gasteiger partial charge on any atom is 0.0218 e. The highest BCUT2D eigenvalue weighted by Gasteiger charge is 1.86. The van der Waals surface area contributed by atoms with Crippen molar-refractivity contribution in [3.05, 3.63) is 12.2 Å². The summed E-state index contributed by atoms with van der Waals surface area (Å²) in [6.45, 7) is 1.54. The molecule has 0 aliphatic heterocycles. The van der Waals surface area contributed by atoms with Gasteiger partial charge < -0.3 is 11.5 Å². The van der Waals surface area contributed by atoms with Crippen molar-refractivity contribution in [2.75, 3.05) is 36.1 Å². The van der Waals surface area contributed by atoms with E-state index in [1.165, 1.54) is 0 Å². The molecule has 0 aromatic rings. The van der Waals surface area contributed by atoms with E-state index in [0.717, 1.165) is 36.1 Å². The zero-order valence-corrected chi connectivity index (χ0v) is 12.7. The third kappa shape index (κ3) is 17.9. The largest absolute Gasteiger partial charge is 0.330 e. The molecule has 92 valence electrons. The average Bonchev–Trinajstić information content (AvgIpc) is 2.21. The molecule has 0 aliphatic rings. The lowest BCUT2D eigenvalue weighted by atomic mass is 10.6. The van der Waals surface area contributed by atoms with E-state index < -0.39 is 0 Å². The molecule has 0 rings (SSSR count). The Kier molecular flexibility index (Phi) is 22.1. The monoisotopic (exact) mass is 306 g/mol. The van der Waals surface area contributed by atoms with Gasteiger partial charge in [-0.3, -0.25) is 0 Å². The van der Waals surface area contributed by atoms with Gasteiger partial charge in [-0.25, -0.2) is 0 Å². The van der Waals surface area contributed by atoms with Gasteiger partial charge in [0.05, 0.1) is 0 Å². The molecule has 0 saturated carbocycles. The van der Waals surface area contributed by atoms with Crippen molar-refractivity contribution in [2.45, 2.75) is 0 Å². The Bertz CT molecular complexity index is 124. The number of nitrogens with two attached hydrogens (primary N) is 2. The zero-order chi connectivity index (χ0) is 10.5. The molecule has 0 aliphatic carbocycles. The third-order valence-electron chi connectivity index (χ3n) is 1.06. The van der Waals surface area contributed by atoms with Gasteiger partial charge in [0, 0.05) is 36.1 Å². The Balaban J connectivity index is 0. The van der Waals surface area contributed by atoms with Crippen molar-refractivity contribution in [1.29, 1.82) is 0 Å². The predicted octanol–water partition coefficient (Wildman–Crippen LogP) is 2.64. The molecule has 0 aromatic carbocycles. The second kappa shape index (κ2) is 17.7. The average molecular weight is 307 g/mol. The lowest BCUT2D eigenvalue weighted by molar-refractivity contribution is 1.16. The van der Waals surface area contributed by atoms with Crippen molar-refractivity contribution in [1.82, 2.24) is 0 Å². The molecule has 0 saturated heterocycles. The Labute approximate surface area is 115 Å². The van der Waals surface area contributed by atoms with Crippen LogP contribution in [-0.4, -0.2) is 36.1 Å². The molecular formula is C8H19ClN2S4. The van der Waals surface area contributed by atoms with E-state index in [-0.39, 0.29) is 12.4 Å². The SMILES string of the molecule is Cl.NCCSSC/C=C/CSSCCN.